The topological polar surface area (TPSA) is 50.7 Å². The Morgan fingerprint density at radius 3 is 2.30 bits per heavy atom. The van der Waals surface area contributed by atoms with E-state index in [-0.39, 0.29) is 0 Å². The molecule has 0 spiro atoms. The van der Waals surface area contributed by atoms with Crippen molar-refractivity contribution >= 4 is 11.8 Å². The Kier molecular flexibility index (Phi) is 5.80. The van der Waals surface area contributed by atoms with E-state index in [4.69, 9.17) is 4.74 Å². The molecular formula is C19H28N2O2. The van der Waals surface area contributed by atoms with Crippen molar-refractivity contribution in [2.45, 2.75) is 71.3 Å². The van der Waals surface area contributed by atoms with Crippen LogP contribution in [0.2, 0.25) is 0 Å². The molecule has 0 heterocycles. The minimum absolute atomic E-state index is 0.519. The van der Waals surface area contributed by atoms with Gasteiger partial charge in [0.2, 0.25) is 0 Å². The lowest BCUT2D eigenvalue weighted by Gasteiger charge is -2.22. The van der Waals surface area contributed by atoms with Crippen molar-refractivity contribution in [1.82, 2.24) is 5.43 Å². The van der Waals surface area contributed by atoms with Crippen LogP contribution in [-0.4, -0.2) is 17.4 Å². The summed E-state index contributed by atoms with van der Waals surface area (Å²) < 4.78 is 5.17. The van der Waals surface area contributed by atoms with Crippen LogP contribution in [0.15, 0.2) is 29.4 Å². The van der Waals surface area contributed by atoms with Gasteiger partial charge >= 0.3 is 6.09 Å². The SMILES string of the molecule is C/C(=N/NC(=O)OC(C)(C)C)c1ccc(C2CCCCC2)cc1. The van der Waals surface area contributed by atoms with Crippen LogP contribution in [0.3, 0.4) is 0 Å². The number of ether oxygens (including phenoxy) is 1. The summed E-state index contributed by atoms with van der Waals surface area (Å²) in [7, 11) is 0. The van der Waals surface area contributed by atoms with Crippen molar-refractivity contribution in [2.75, 3.05) is 0 Å². The Morgan fingerprint density at radius 1 is 1.13 bits per heavy atom. The van der Waals surface area contributed by atoms with Gasteiger partial charge in [-0.25, -0.2) is 10.2 Å². The van der Waals surface area contributed by atoms with Crippen LogP contribution < -0.4 is 5.43 Å². The van der Waals surface area contributed by atoms with Crippen molar-refractivity contribution in [2.24, 2.45) is 5.10 Å². The van der Waals surface area contributed by atoms with Gasteiger partial charge in [0.25, 0.3) is 0 Å². The summed E-state index contributed by atoms with van der Waals surface area (Å²) in [6.07, 6.45) is 6.12. The molecule has 0 bridgehead atoms. The molecule has 4 heteroatoms. The fourth-order valence-corrected chi connectivity index (χ4v) is 2.93. The van der Waals surface area contributed by atoms with Crippen LogP contribution in [0, 0.1) is 0 Å². The van der Waals surface area contributed by atoms with Gasteiger partial charge in [0.05, 0.1) is 5.71 Å². The Labute approximate surface area is 139 Å². The van der Waals surface area contributed by atoms with Crippen LogP contribution in [0.5, 0.6) is 0 Å². The second kappa shape index (κ2) is 7.62. The van der Waals surface area contributed by atoms with Crippen molar-refractivity contribution in [3.05, 3.63) is 35.4 Å². The molecule has 1 aromatic carbocycles. The molecule has 4 nitrogen and oxygen atoms in total. The molecule has 1 aromatic rings. The number of nitrogens with zero attached hydrogens (tertiary/aromatic N) is 1. The largest absolute Gasteiger partial charge is 0.443 e. The number of carbonyl (C=O) groups excluding carboxylic acids is 1. The van der Waals surface area contributed by atoms with Gasteiger partial charge in [-0.15, -0.1) is 0 Å². The molecule has 0 saturated heterocycles. The maximum Gasteiger partial charge on any atom is 0.428 e. The highest BCUT2D eigenvalue weighted by Gasteiger charge is 2.16. The van der Waals surface area contributed by atoms with E-state index < -0.39 is 11.7 Å². The predicted octanol–water partition coefficient (Wildman–Crippen LogP) is 4.98. The number of benzene rings is 1. The van der Waals surface area contributed by atoms with Crippen molar-refractivity contribution in [1.29, 1.82) is 0 Å². The summed E-state index contributed by atoms with van der Waals surface area (Å²) in [4.78, 5) is 11.6. The normalized spacial score (nSPS) is 17.0. The van der Waals surface area contributed by atoms with Crippen molar-refractivity contribution < 1.29 is 9.53 Å². The smallest absolute Gasteiger partial charge is 0.428 e. The number of amides is 1. The van der Waals surface area contributed by atoms with E-state index in [1.54, 1.807) is 0 Å². The molecule has 1 fully saturated rings. The summed E-state index contributed by atoms with van der Waals surface area (Å²) in [6.45, 7) is 7.36. The lowest BCUT2D eigenvalue weighted by molar-refractivity contribution is 0.0529. The Balaban J connectivity index is 1.95. The second-order valence-electron chi connectivity index (χ2n) is 7.27. The highest BCUT2D eigenvalue weighted by atomic mass is 16.6. The molecule has 1 aliphatic carbocycles. The molecule has 0 unspecified atom stereocenters. The van der Waals surface area contributed by atoms with E-state index in [0.29, 0.717) is 5.92 Å². The van der Waals surface area contributed by atoms with E-state index in [2.05, 4.69) is 34.8 Å². The van der Waals surface area contributed by atoms with Gasteiger partial charge in [-0.1, -0.05) is 43.5 Å². The van der Waals surface area contributed by atoms with Gasteiger partial charge in [-0.3, -0.25) is 0 Å². The predicted molar refractivity (Wildman–Crippen MR) is 93.8 cm³/mol. The zero-order valence-electron chi connectivity index (χ0n) is 14.7. The van der Waals surface area contributed by atoms with Crippen LogP contribution in [0.1, 0.15) is 76.8 Å². The fraction of sp³-hybridized carbons (Fsp3) is 0.579. The van der Waals surface area contributed by atoms with Gasteiger partial charge in [-0.2, -0.15) is 5.10 Å². The Hall–Kier alpha value is -1.84. The number of hydrogen-bond acceptors (Lipinski definition) is 3. The van der Waals surface area contributed by atoms with Gasteiger partial charge in [-0.05, 0) is 57.6 Å². The molecule has 1 saturated carbocycles. The standard InChI is InChI=1S/C19H28N2O2/c1-14(20-21-18(22)23-19(2,3)4)15-10-12-17(13-11-15)16-8-6-5-7-9-16/h10-13,16H,5-9H2,1-4H3,(H,21,22)/b20-14-. The summed E-state index contributed by atoms with van der Waals surface area (Å²) in [5.41, 5.74) is 5.13. The molecule has 0 atom stereocenters. The number of hydrazone groups is 1. The first kappa shape index (κ1) is 17.5. The first-order chi connectivity index (χ1) is 10.8. The fourth-order valence-electron chi connectivity index (χ4n) is 2.93. The highest BCUT2D eigenvalue weighted by molar-refractivity contribution is 5.99. The van der Waals surface area contributed by atoms with E-state index in [1.807, 2.05) is 27.7 Å². The van der Waals surface area contributed by atoms with E-state index >= 15 is 0 Å². The minimum Gasteiger partial charge on any atom is -0.443 e. The number of nitrogens with one attached hydrogen (secondary N) is 1. The van der Waals surface area contributed by atoms with Crippen molar-refractivity contribution in [3.8, 4) is 0 Å². The van der Waals surface area contributed by atoms with E-state index in [9.17, 15) is 4.79 Å². The number of hydrogen-bond donors (Lipinski definition) is 1. The summed E-state index contributed by atoms with van der Waals surface area (Å²) >= 11 is 0. The van der Waals surface area contributed by atoms with Crippen LogP contribution >= 0.6 is 0 Å². The molecule has 1 N–H and O–H groups in total. The molecule has 23 heavy (non-hydrogen) atoms. The van der Waals surface area contributed by atoms with Gasteiger partial charge in [0.1, 0.15) is 5.60 Å². The van der Waals surface area contributed by atoms with Gasteiger partial charge < -0.3 is 4.74 Å². The third-order valence-corrected chi connectivity index (χ3v) is 4.12. The van der Waals surface area contributed by atoms with Crippen LogP contribution in [0.4, 0.5) is 4.79 Å². The first-order valence-corrected chi connectivity index (χ1v) is 8.49. The monoisotopic (exact) mass is 316 g/mol. The molecule has 0 aromatic heterocycles. The molecular weight excluding hydrogens is 288 g/mol. The zero-order chi connectivity index (χ0) is 16.9. The second-order valence-corrected chi connectivity index (χ2v) is 7.27. The summed E-state index contributed by atoms with van der Waals surface area (Å²) in [5, 5.41) is 4.11. The zero-order valence-corrected chi connectivity index (χ0v) is 14.7. The highest BCUT2D eigenvalue weighted by Crippen LogP contribution is 2.32. The average molecular weight is 316 g/mol. The van der Waals surface area contributed by atoms with Crippen LogP contribution in [-0.2, 0) is 4.74 Å². The third kappa shape index (κ3) is 5.70. The molecule has 126 valence electrons. The minimum atomic E-state index is -0.532. The Bertz CT molecular complexity index is 550. The molecule has 1 amide bonds. The third-order valence-electron chi connectivity index (χ3n) is 4.12. The maximum absolute atomic E-state index is 11.6. The quantitative estimate of drug-likeness (QED) is 0.631. The number of carbonyl (C=O) groups is 1. The van der Waals surface area contributed by atoms with E-state index in [1.165, 1.54) is 37.7 Å². The molecule has 0 radical (unpaired) electrons. The van der Waals surface area contributed by atoms with Gasteiger partial charge in [0.15, 0.2) is 0 Å². The Morgan fingerprint density at radius 2 is 1.74 bits per heavy atom. The summed E-state index contributed by atoms with van der Waals surface area (Å²) in [5.74, 6) is 0.704. The lowest BCUT2D eigenvalue weighted by atomic mass is 9.84. The lowest BCUT2D eigenvalue weighted by Crippen LogP contribution is -2.30. The van der Waals surface area contributed by atoms with E-state index in [0.717, 1.165) is 11.3 Å². The number of rotatable bonds is 3. The van der Waals surface area contributed by atoms with Crippen molar-refractivity contribution in [3.63, 3.8) is 0 Å². The van der Waals surface area contributed by atoms with Gasteiger partial charge in [0, 0.05) is 0 Å². The summed E-state index contributed by atoms with van der Waals surface area (Å²) in [6, 6.07) is 8.55. The first-order valence-electron chi connectivity index (χ1n) is 8.49. The maximum atomic E-state index is 11.6. The molecule has 2 rings (SSSR count). The molecule has 0 aliphatic heterocycles. The average Bonchev–Trinajstić information content (AvgIpc) is 2.52. The molecule has 1 aliphatic rings. The van der Waals surface area contributed by atoms with Crippen LogP contribution in [0.25, 0.3) is 0 Å².